The summed E-state index contributed by atoms with van der Waals surface area (Å²) in [5.41, 5.74) is 4.68. The van der Waals surface area contributed by atoms with Crippen molar-refractivity contribution in [2.75, 3.05) is 0 Å². The molecule has 0 fully saturated rings. The second-order valence-corrected chi connectivity index (χ2v) is 7.74. The molecular weight excluding hydrogens is 416 g/mol. The van der Waals surface area contributed by atoms with E-state index < -0.39 is 0 Å². The summed E-state index contributed by atoms with van der Waals surface area (Å²) in [4.78, 5) is 12.8. The van der Waals surface area contributed by atoms with E-state index in [1.807, 2.05) is 49.4 Å². The number of allylic oxidation sites excluding steroid dienone is 1. The molecule has 0 aromatic heterocycles. The molecule has 0 spiro atoms. The van der Waals surface area contributed by atoms with Crippen molar-refractivity contribution in [3.63, 3.8) is 0 Å². The number of hydrogen-bond acceptors (Lipinski definition) is 3. The van der Waals surface area contributed by atoms with Crippen molar-refractivity contribution in [3.05, 3.63) is 98.7 Å². The zero-order chi connectivity index (χ0) is 19.7. The number of carbonyl (C=O) groups is 1. The van der Waals surface area contributed by atoms with Crippen LogP contribution in [0.5, 0.6) is 11.5 Å². The molecule has 3 aromatic rings. The van der Waals surface area contributed by atoms with E-state index >= 15 is 0 Å². The molecule has 1 aliphatic heterocycles. The van der Waals surface area contributed by atoms with E-state index in [0.717, 1.165) is 21.2 Å². The highest BCUT2D eigenvalue weighted by atomic mass is 79.9. The van der Waals surface area contributed by atoms with Gasteiger partial charge in [0.1, 0.15) is 18.1 Å². The quantitative estimate of drug-likeness (QED) is 0.454. The Labute approximate surface area is 172 Å². The largest absolute Gasteiger partial charge is 0.489 e. The van der Waals surface area contributed by atoms with Crippen LogP contribution in [0.25, 0.3) is 6.08 Å². The van der Waals surface area contributed by atoms with Gasteiger partial charge >= 0.3 is 0 Å². The minimum absolute atomic E-state index is 0.0964. The van der Waals surface area contributed by atoms with Crippen molar-refractivity contribution in [1.29, 1.82) is 0 Å². The summed E-state index contributed by atoms with van der Waals surface area (Å²) >= 11 is 3.41. The molecule has 0 atom stereocenters. The first-order valence-electron chi connectivity index (χ1n) is 9.03. The van der Waals surface area contributed by atoms with Crippen LogP contribution >= 0.6 is 15.9 Å². The highest BCUT2D eigenvalue weighted by Crippen LogP contribution is 2.37. The molecule has 0 N–H and O–H groups in total. The summed E-state index contributed by atoms with van der Waals surface area (Å²) < 4.78 is 12.8. The predicted molar refractivity (Wildman–Crippen MR) is 114 cm³/mol. The topological polar surface area (TPSA) is 35.5 Å². The predicted octanol–water partition coefficient (Wildman–Crippen LogP) is 6.26. The number of carbonyl (C=O) groups excluding carboxylic acids is 1. The first-order valence-corrected chi connectivity index (χ1v) is 9.82. The monoisotopic (exact) mass is 434 g/mol. The minimum Gasteiger partial charge on any atom is -0.489 e. The number of fused-ring (bicyclic) bond motifs is 1. The molecular formula is C24H19BrO3. The lowest BCUT2D eigenvalue weighted by Gasteiger charge is -2.10. The van der Waals surface area contributed by atoms with Gasteiger partial charge in [-0.25, -0.2) is 0 Å². The van der Waals surface area contributed by atoms with E-state index in [0.29, 0.717) is 29.4 Å². The van der Waals surface area contributed by atoms with Gasteiger partial charge in [-0.3, -0.25) is 4.79 Å². The second-order valence-electron chi connectivity index (χ2n) is 6.82. The molecule has 1 heterocycles. The van der Waals surface area contributed by atoms with E-state index in [1.165, 1.54) is 5.56 Å². The van der Waals surface area contributed by atoms with Gasteiger partial charge in [0.15, 0.2) is 5.76 Å². The van der Waals surface area contributed by atoms with Crippen molar-refractivity contribution in [3.8, 4) is 11.5 Å². The molecule has 0 unspecified atom stereocenters. The van der Waals surface area contributed by atoms with Gasteiger partial charge in [0.05, 0.1) is 5.56 Å². The Kier molecular flexibility index (Phi) is 5.05. The first-order chi connectivity index (χ1) is 13.5. The number of ether oxygens (including phenoxy) is 2. The maximum Gasteiger partial charge on any atom is 0.232 e. The third-order valence-corrected chi connectivity index (χ3v) is 5.30. The fraction of sp³-hybridized carbons (Fsp3) is 0.125. The molecule has 0 bridgehead atoms. The van der Waals surface area contributed by atoms with Crippen LogP contribution < -0.4 is 9.47 Å². The summed E-state index contributed by atoms with van der Waals surface area (Å²) in [6, 6.07) is 19.5. The van der Waals surface area contributed by atoms with E-state index in [4.69, 9.17) is 9.47 Å². The summed E-state index contributed by atoms with van der Waals surface area (Å²) in [6.07, 6.45) is 1.77. The Hall–Kier alpha value is -2.85. The fourth-order valence-electron chi connectivity index (χ4n) is 3.20. The number of benzene rings is 3. The fourth-order valence-corrected chi connectivity index (χ4v) is 3.47. The number of Topliss-reactive ketones (excluding diaryl/α,β-unsaturated/α-hetero) is 1. The molecule has 4 heteroatoms. The Morgan fingerprint density at radius 1 is 1.00 bits per heavy atom. The number of halogens is 1. The van der Waals surface area contributed by atoms with Gasteiger partial charge in [0.25, 0.3) is 0 Å². The standard InChI is InChI=1S/C24H19BrO3/c1-15-5-3-4-6-18(15)14-27-20-11-16(2)23-21(13-20)28-22(24(23)26)12-17-7-9-19(25)10-8-17/h3-13H,14H2,1-2H3/b22-12-. The zero-order valence-electron chi connectivity index (χ0n) is 15.7. The lowest BCUT2D eigenvalue weighted by molar-refractivity contribution is 0.101. The van der Waals surface area contributed by atoms with Crippen LogP contribution in [0.1, 0.15) is 32.6 Å². The van der Waals surface area contributed by atoms with Crippen LogP contribution in [0.3, 0.4) is 0 Å². The molecule has 0 saturated heterocycles. The van der Waals surface area contributed by atoms with Gasteiger partial charge in [0, 0.05) is 10.5 Å². The third-order valence-electron chi connectivity index (χ3n) is 4.77. The molecule has 0 aliphatic carbocycles. The average molecular weight is 435 g/mol. The highest BCUT2D eigenvalue weighted by molar-refractivity contribution is 9.10. The molecule has 4 rings (SSSR count). The van der Waals surface area contributed by atoms with E-state index in [1.54, 1.807) is 12.1 Å². The molecule has 3 aromatic carbocycles. The second kappa shape index (κ2) is 7.64. The van der Waals surface area contributed by atoms with Crippen molar-refractivity contribution in [2.45, 2.75) is 20.5 Å². The van der Waals surface area contributed by atoms with Gasteiger partial charge < -0.3 is 9.47 Å². The van der Waals surface area contributed by atoms with E-state index in [9.17, 15) is 4.79 Å². The smallest absolute Gasteiger partial charge is 0.232 e. The van der Waals surface area contributed by atoms with Crippen LogP contribution in [-0.2, 0) is 6.61 Å². The van der Waals surface area contributed by atoms with Gasteiger partial charge in [0.2, 0.25) is 5.78 Å². The van der Waals surface area contributed by atoms with Crippen molar-refractivity contribution in [1.82, 2.24) is 0 Å². The summed E-state index contributed by atoms with van der Waals surface area (Å²) in [6.45, 7) is 4.44. The van der Waals surface area contributed by atoms with Gasteiger partial charge in [-0.2, -0.15) is 0 Å². The minimum atomic E-state index is -0.0964. The molecule has 0 radical (unpaired) electrons. The van der Waals surface area contributed by atoms with Gasteiger partial charge in [-0.1, -0.05) is 52.3 Å². The highest BCUT2D eigenvalue weighted by Gasteiger charge is 2.30. The Bertz CT molecular complexity index is 1080. The summed E-state index contributed by atoms with van der Waals surface area (Å²) in [5, 5.41) is 0. The lowest BCUT2D eigenvalue weighted by Crippen LogP contribution is -2.00. The zero-order valence-corrected chi connectivity index (χ0v) is 17.2. The van der Waals surface area contributed by atoms with Crippen LogP contribution in [-0.4, -0.2) is 5.78 Å². The number of aryl methyl sites for hydroxylation is 2. The molecule has 3 nitrogen and oxygen atoms in total. The third kappa shape index (κ3) is 3.73. The Morgan fingerprint density at radius 3 is 2.50 bits per heavy atom. The maximum absolute atomic E-state index is 12.8. The van der Waals surface area contributed by atoms with Crippen molar-refractivity contribution < 1.29 is 14.3 Å². The van der Waals surface area contributed by atoms with E-state index in [-0.39, 0.29) is 5.78 Å². The lowest BCUT2D eigenvalue weighted by atomic mass is 10.0. The number of hydrogen-bond donors (Lipinski definition) is 0. The molecule has 0 saturated carbocycles. The summed E-state index contributed by atoms with van der Waals surface area (Å²) in [5.74, 6) is 1.47. The Morgan fingerprint density at radius 2 is 1.75 bits per heavy atom. The SMILES string of the molecule is Cc1ccccc1COc1cc(C)c2c(c1)O/C(=C\c1ccc(Br)cc1)C2=O. The van der Waals surface area contributed by atoms with Crippen LogP contribution in [0, 0.1) is 13.8 Å². The summed E-state index contributed by atoms with van der Waals surface area (Å²) in [7, 11) is 0. The van der Waals surface area contributed by atoms with E-state index in [2.05, 4.69) is 35.0 Å². The van der Waals surface area contributed by atoms with Crippen molar-refractivity contribution >= 4 is 27.8 Å². The molecule has 0 amide bonds. The maximum atomic E-state index is 12.8. The molecule has 1 aliphatic rings. The van der Waals surface area contributed by atoms with Crippen LogP contribution in [0.2, 0.25) is 0 Å². The molecule has 28 heavy (non-hydrogen) atoms. The number of ketones is 1. The first kappa shape index (κ1) is 18.5. The van der Waals surface area contributed by atoms with Crippen molar-refractivity contribution in [2.24, 2.45) is 0 Å². The van der Waals surface area contributed by atoms with Crippen LogP contribution in [0.15, 0.2) is 70.9 Å². The number of rotatable bonds is 4. The van der Waals surface area contributed by atoms with Gasteiger partial charge in [-0.15, -0.1) is 0 Å². The molecule has 140 valence electrons. The Balaban J connectivity index is 1.57. The van der Waals surface area contributed by atoms with Crippen LogP contribution in [0.4, 0.5) is 0 Å². The van der Waals surface area contributed by atoms with Gasteiger partial charge in [-0.05, 0) is 60.4 Å². The normalized spacial score (nSPS) is 14.1. The average Bonchev–Trinajstić information content (AvgIpc) is 2.99.